The highest BCUT2D eigenvalue weighted by Gasteiger charge is 2.14. The van der Waals surface area contributed by atoms with Crippen molar-refractivity contribution in [1.82, 2.24) is 10.3 Å². The molecule has 1 amide bonds. The van der Waals surface area contributed by atoms with Crippen molar-refractivity contribution in [3.8, 4) is 0 Å². The number of pyridine rings is 1. The van der Waals surface area contributed by atoms with Crippen molar-refractivity contribution in [2.45, 2.75) is 19.9 Å². The number of carbonyl (C=O) groups excluding carboxylic acids is 1. The first-order valence-electron chi connectivity index (χ1n) is 6.25. The van der Waals surface area contributed by atoms with E-state index in [1.807, 2.05) is 0 Å². The SMILES string of the molecule is Cc1ccc(C(C)NC(=O)c2cnccc2N)cc1F. The van der Waals surface area contributed by atoms with Crippen LogP contribution in [0.1, 0.15) is 34.5 Å². The average molecular weight is 273 g/mol. The molecular formula is C15H16FN3O. The van der Waals surface area contributed by atoms with Crippen molar-refractivity contribution in [1.29, 1.82) is 0 Å². The lowest BCUT2D eigenvalue weighted by atomic mass is 10.1. The number of rotatable bonds is 3. The second-order valence-electron chi connectivity index (χ2n) is 4.67. The molecule has 3 N–H and O–H groups in total. The van der Waals surface area contributed by atoms with Crippen LogP contribution in [0.15, 0.2) is 36.7 Å². The Morgan fingerprint density at radius 3 is 2.80 bits per heavy atom. The Morgan fingerprint density at radius 1 is 1.40 bits per heavy atom. The van der Waals surface area contributed by atoms with Crippen LogP contribution in [0.25, 0.3) is 0 Å². The Labute approximate surface area is 116 Å². The lowest BCUT2D eigenvalue weighted by molar-refractivity contribution is 0.0940. The Hall–Kier alpha value is -2.43. The van der Waals surface area contributed by atoms with Crippen LogP contribution < -0.4 is 11.1 Å². The Bertz CT molecular complexity index is 643. The van der Waals surface area contributed by atoms with E-state index in [9.17, 15) is 9.18 Å². The van der Waals surface area contributed by atoms with E-state index in [4.69, 9.17) is 5.73 Å². The summed E-state index contributed by atoms with van der Waals surface area (Å²) in [6.45, 7) is 3.48. The van der Waals surface area contributed by atoms with Crippen LogP contribution in [-0.4, -0.2) is 10.9 Å². The van der Waals surface area contributed by atoms with E-state index < -0.39 is 0 Å². The summed E-state index contributed by atoms with van der Waals surface area (Å²) in [6, 6.07) is 6.14. The highest BCUT2D eigenvalue weighted by molar-refractivity contribution is 5.98. The molecule has 5 heteroatoms. The second-order valence-corrected chi connectivity index (χ2v) is 4.67. The number of nitrogens with two attached hydrogens (primary N) is 1. The number of carbonyl (C=O) groups is 1. The van der Waals surface area contributed by atoms with E-state index in [2.05, 4.69) is 10.3 Å². The zero-order valence-corrected chi connectivity index (χ0v) is 11.4. The number of amides is 1. The van der Waals surface area contributed by atoms with Gasteiger partial charge in [-0.2, -0.15) is 0 Å². The van der Waals surface area contributed by atoms with Gasteiger partial charge >= 0.3 is 0 Å². The summed E-state index contributed by atoms with van der Waals surface area (Å²) < 4.78 is 13.5. The third kappa shape index (κ3) is 2.93. The van der Waals surface area contributed by atoms with Gasteiger partial charge in [0.05, 0.1) is 11.6 Å². The highest BCUT2D eigenvalue weighted by Crippen LogP contribution is 2.17. The fourth-order valence-corrected chi connectivity index (χ4v) is 1.83. The van der Waals surface area contributed by atoms with Crippen molar-refractivity contribution in [3.05, 3.63) is 59.2 Å². The molecule has 2 rings (SSSR count). The smallest absolute Gasteiger partial charge is 0.255 e. The summed E-state index contributed by atoms with van der Waals surface area (Å²) in [5, 5.41) is 2.77. The molecule has 20 heavy (non-hydrogen) atoms. The Morgan fingerprint density at radius 2 is 2.15 bits per heavy atom. The van der Waals surface area contributed by atoms with Crippen LogP contribution >= 0.6 is 0 Å². The van der Waals surface area contributed by atoms with Gasteiger partial charge in [0.25, 0.3) is 5.91 Å². The van der Waals surface area contributed by atoms with E-state index >= 15 is 0 Å². The van der Waals surface area contributed by atoms with Gasteiger partial charge in [-0.05, 0) is 37.1 Å². The van der Waals surface area contributed by atoms with Gasteiger partial charge in [-0.1, -0.05) is 12.1 Å². The zero-order valence-electron chi connectivity index (χ0n) is 11.4. The maximum absolute atomic E-state index is 13.5. The molecule has 2 aromatic rings. The number of hydrogen-bond donors (Lipinski definition) is 2. The van der Waals surface area contributed by atoms with Crippen LogP contribution in [0.5, 0.6) is 0 Å². The third-order valence-corrected chi connectivity index (χ3v) is 3.14. The molecule has 1 unspecified atom stereocenters. The summed E-state index contributed by atoms with van der Waals surface area (Å²) in [5.74, 6) is -0.617. The van der Waals surface area contributed by atoms with Crippen LogP contribution in [0.4, 0.5) is 10.1 Å². The minimum atomic E-state index is -0.330. The summed E-state index contributed by atoms with van der Waals surface area (Å²) >= 11 is 0. The number of hydrogen-bond acceptors (Lipinski definition) is 3. The van der Waals surface area contributed by atoms with Gasteiger partial charge in [0.15, 0.2) is 0 Å². The Kier molecular flexibility index (Phi) is 3.98. The largest absolute Gasteiger partial charge is 0.398 e. The quantitative estimate of drug-likeness (QED) is 0.903. The standard InChI is InChI=1S/C15H16FN3O/c1-9-3-4-11(7-13(9)16)10(2)19-15(20)12-8-18-6-5-14(12)17/h3-8,10H,1-2H3,(H2,17,18)(H,19,20). The summed E-state index contributed by atoms with van der Waals surface area (Å²) in [4.78, 5) is 15.9. The minimum absolute atomic E-state index is 0.288. The molecule has 0 fully saturated rings. The number of anilines is 1. The van der Waals surface area contributed by atoms with E-state index in [0.717, 1.165) is 0 Å². The molecule has 0 bridgehead atoms. The van der Waals surface area contributed by atoms with Crippen molar-refractivity contribution < 1.29 is 9.18 Å². The number of aryl methyl sites for hydroxylation is 1. The molecule has 0 radical (unpaired) electrons. The molecule has 0 aliphatic rings. The van der Waals surface area contributed by atoms with Crippen molar-refractivity contribution >= 4 is 11.6 Å². The van der Waals surface area contributed by atoms with Gasteiger partial charge < -0.3 is 11.1 Å². The molecule has 1 heterocycles. The monoisotopic (exact) mass is 273 g/mol. The van der Waals surface area contributed by atoms with Gasteiger partial charge in [0.2, 0.25) is 0 Å². The van der Waals surface area contributed by atoms with Crippen molar-refractivity contribution in [3.63, 3.8) is 0 Å². The molecule has 4 nitrogen and oxygen atoms in total. The lowest BCUT2D eigenvalue weighted by Gasteiger charge is -2.15. The molecule has 1 aromatic heterocycles. The first-order valence-corrected chi connectivity index (χ1v) is 6.25. The predicted molar refractivity (Wildman–Crippen MR) is 75.7 cm³/mol. The molecule has 0 aliphatic carbocycles. The van der Waals surface area contributed by atoms with Gasteiger partial charge in [0.1, 0.15) is 5.82 Å². The molecule has 0 saturated carbocycles. The lowest BCUT2D eigenvalue weighted by Crippen LogP contribution is -2.27. The van der Waals surface area contributed by atoms with Crippen LogP contribution in [0.3, 0.4) is 0 Å². The van der Waals surface area contributed by atoms with E-state index in [0.29, 0.717) is 22.4 Å². The number of nitrogens with zero attached hydrogens (tertiary/aromatic N) is 1. The number of nitrogens with one attached hydrogen (secondary N) is 1. The number of aromatic nitrogens is 1. The average Bonchev–Trinajstić information content (AvgIpc) is 2.42. The summed E-state index contributed by atoms with van der Waals surface area (Å²) in [7, 11) is 0. The first kappa shape index (κ1) is 14.0. The number of nitrogen functional groups attached to an aromatic ring is 1. The molecule has 1 aromatic carbocycles. The van der Waals surface area contributed by atoms with Crippen molar-refractivity contribution in [2.24, 2.45) is 0 Å². The maximum Gasteiger partial charge on any atom is 0.255 e. The number of benzene rings is 1. The van der Waals surface area contributed by atoms with E-state index in [-0.39, 0.29) is 17.8 Å². The van der Waals surface area contributed by atoms with Crippen LogP contribution in [-0.2, 0) is 0 Å². The molecule has 0 saturated heterocycles. The van der Waals surface area contributed by atoms with Gasteiger partial charge in [-0.15, -0.1) is 0 Å². The van der Waals surface area contributed by atoms with Crippen LogP contribution in [0.2, 0.25) is 0 Å². The topological polar surface area (TPSA) is 68.0 Å². The molecular weight excluding hydrogens is 257 g/mol. The zero-order chi connectivity index (χ0) is 14.7. The summed E-state index contributed by atoms with van der Waals surface area (Å²) in [6.07, 6.45) is 2.93. The fourth-order valence-electron chi connectivity index (χ4n) is 1.83. The van der Waals surface area contributed by atoms with Gasteiger partial charge in [0, 0.05) is 18.1 Å². The Balaban J connectivity index is 2.15. The normalized spacial score (nSPS) is 11.9. The highest BCUT2D eigenvalue weighted by atomic mass is 19.1. The van der Waals surface area contributed by atoms with E-state index in [1.54, 1.807) is 32.0 Å². The first-order chi connectivity index (χ1) is 9.49. The molecule has 0 spiro atoms. The second kappa shape index (κ2) is 5.69. The van der Waals surface area contributed by atoms with Gasteiger partial charge in [-0.3, -0.25) is 9.78 Å². The fraction of sp³-hybridized carbons (Fsp3) is 0.200. The molecule has 1 atom stereocenters. The molecule has 104 valence electrons. The maximum atomic E-state index is 13.5. The number of halogens is 1. The van der Waals surface area contributed by atoms with Crippen LogP contribution in [0, 0.1) is 12.7 Å². The molecule has 0 aliphatic heterocycles. The van der Waals surface area contributed by atoms with E-state index in [1.165, 1.54) is 18.5 Å². The predicted octanol–water partition coefficient (Wildman–Crippen LogP) is 2.60. The van der Waals surface area contributed by atoms with Crippen molar-refractivity contribution in [2.75, 3.05) is 5.73 Å². The summed E-state index contributed by atoms with van der Waals surface area (Å²) in [5.41, 5.74) is 7.66. The minimum Gasteiger partial charge on any atom is -0.398 e. The third-order valence-electron chi connectivity index (χ3n) is 3.14. The van der Waals surface area contributed by atoms with Gasteiger partial charge in [-0.25, -0.2) is 4.39 Å².